The van der Waals surface area contributed by atoms with Crippen LogP contribution in [0.3, 0.4) is 0 Å². The second kappa shape index (κ2) is 12.8. The van der Waals surface area contributed by atoms with Crippen LogP contribution in [0.4, 0.5) is 28.8 Å². The van der Waals surface area contributed by atoms with Crippen LogP contribution in [0.25, 0.3) is 27.6 Å². The summed E-state index contributed by atoms with van der Waals surface area (Å²) in [5.41, 5.74) is 6.61. The number of fused-ring (bicyclic) bond motifs is 2. The first-order valence-electron chi connectivity index (χ1n) is 14.2. The van der Waals surface area contributed by atoms with Gasteiger partial charge in [0.15, 0.2) is 0 Å². The van der Waals surface area contributed by atoms with E-state index in [4.69, 9.17) is 24.9 Å². The molecule has 0 amide bonds. The Labute approximate surface area is 256 Å². The Balaban J connectivity index is 1.43. The van der Waals surface area contributed by atoms with Gasteiger partial charge in [0.25, 0.3) is 0 Å². The van der Waals surface area contributed by atoms with Crippen molar-refractivity contribution in [3.8, 4) is 5.75 Å². The van der Waals surface area contributed by atoms with E-state index in [-0.39, 0.29) is 0 Å². The summed E-state index contributed by atoms with van der Waals surface area (Å²) in [6, 6.07) is 9.94. The molecule has 6 rings (SSSR count). The summed E-state index contributed by atoms with van der Waals surface area (Å²) < 4.78 is 11.4. The number of aromatic nitrogens is 5. The molecule has 226 valence electrons. The molecule has 0 unspecified atom stereocenters. The number of hydrogen-bond donors (Lipinski definition) is 5. The second-order valence-corrected chi connectivity index (χ2v) is 12.6. The van der Waals surface area contributed by atoms with Crippen LogP contribution >= 0.6 is 7.92 Å². The smallest absolute Gasteiger partial charge is 0.231 e. The van der Waals surface area contributed by atoms with Crippen LogP contribution < -0.4 is 30.9 Å². The van der Waals surface area contributed by atoms with E-state index in [1.54, 1.807) is 19.5 Å². The quantitative estimate of drug-likeness (QED) is 0.110. The zero-order chi connectivity index (χ0) is 30.6. The lowest BCUT2D eigenvalue weighted by Crippen LogP contribution is -2.36. The molecule has 5 aromatic rings. The molecule has 13 heteroatoms. The average Bonchev–Trinajstić information content (AvgIpc) is 3.53. The van der Waals surface area contributed by atoms with Crippen molar-refractivity contribution in [1.82, 2.24) is 30.2 Å². The van der Waals surface area contributed by atoms with E-state index in [2.05, 4.69) is 49.1 Å². The molecule has 44 heavy (non-hydrogen) atoms. The lowest BCUT2D eigenvalue weighted by molar-refractivity contribution is 0.122. The number of ether oxygens (including phenoxy) is 2. The fourth-order valence-electron chi connectivity index (χ4n) is 5.40. The third-order valence-electron chi connectivity index (χ3n) is 7.41. The van der Waals surface area contributed by atoms with Gasteiger partial charge in [0, 0.05) is 85.0 Å². The van der Waals surface area contributed by atoms with E-state index in [0.29, 0.717) is 42.1 Å². The number of aromatic amines is 1. The van der Waals surface area contributed by atoms with Crippen LogP contribution in [0.5, 0.6) is 5.75 Å². The minimum Gasteiger partial charge on any atom is -0.494 e. The van der Waals surface area contributed by atoms with Crippen molar-refractivity contribution in [2.45, 2.75) is 0 Å². The molecular formula is C31H35N10O2P. The minimum atomic E-state index is -0.511. The highest BCUT2D eigenvalue weighted by Gasteiger charge is 2.21. The number of methoxy groups -OCH3 is 1. The molecule has 4 heterocycles. The molecule has 2 aromatic carbocycles. The number of anilines is 5. The molecule has 0 spiro atoms. The molecule has 0 bridgehead atoms. The number of H-pyrrole nitrogens is 1. The summed E-state index contributed by atoms with van der Waals surface area (Å²) >= 11 is 0. The van der Waals surface area contributed by atoms with Gasteiger partial charge in [-0.2, -0.15) is 9.97 Å². The minimum absolute atomic E-state index is 0.386. The molecule has 0 saturated carbocycles. The van der Waals surface area contributed by atoms with Gasteiger partial charge in [-0.25, -0.2) is 0 Å². The van der Waals surface area contributed by atoms with Gasteiger partial charge in [-0.3, -0.25) is 9.97 Å². The molecule has 0 radical (unpaired) electrons. The maximum Gasteiger partial charge on any atom is 0.231 e. The fraction of sp³-hybridized carbons (Fsp3) is 0.258. The fourth-order valence-corrected chi connectivity index (χ4v) is 6.61. The van der Waals surface area contributed by atoms with E-state index < -0.39 is 7.92 Å². The highest BCUT2D eigenvalue weighted by atomic mass is 31.1. The normalized spacial score (nSPS) is 13.8. The number of nitrogens with one attached hydrogen (secondary N) is 5. The number of rotatable bonds is 10. The Morgan fingerprint density at radius 1 is 1.07 bits per heavy atom. The highest BCUT2D eigenvalue weighted by Crippen LogP contribution is 2.39. The largest absolute Gasteiger partial charge is 0.494 e. The molecule has 1 aliphatic rings. The number of allylic oxidation sites excluding steroid dienone is 1. The predicted octanol–water partition coefficient (Wildman–Crippen LogP) is 4.81. The average molecular weight is 611 g/mol. The lowest BCUT2D eigenvalue weighted by atomic mass is 10.0. The van der Waals surface area contributed by atoms with Crippen LogP contribution in [0, 0.1) is 5.41 Å². The SMILES string of the molecule is CN/C=C(\C=N)c1cc(Nc2nc(Nc3ccc4nccnc4c3P(C)C)c3cc[nH]c3n2)c(OC)cc1N1CCOCC1. The van der Waals surface area contributed by atoms with Crippen molar-refractivity contribution in [3.63, 3.8) is 0 Å². The van der Waals surface area contributed by atoms with Gasteiger partial charge in [0.2, 0.25) is 5.95 Å². The summed E-state index contributed by atoms with van der Waals surface area (Å²) in [6.07, 6.45) is 8.45. The number of hydrogen-bond acceptors (Lipinski definition) is 11. The van der Waals surface area contributed by atoms with Gasteiger partial charge in [0.1, 0.15) is 17.2 Å². The van der Waals surface area contributed by atoms with E-state index in [1.165, 1.54) is 6.21 Å². The molecule has 1 saturated heterocycles. The summed E-state index contributed by atoms with van der Waals surface area (Å²) in [6.45, 7) is 7.18. The maximum atomic E-state index is 8.13. The van der Waals surface area contributed by atoms with Gasteiger partial charge in [0.05, 0.1) is 42.4 Å². The predicted molar refractivity (Wildman–Crippen MR) is 180 cm³/mol. The van der Waals surface area contributed by atoms with E-state index in [9.17, 15) is 0 Å². The molecule has 0 atom stereocenters. The Kier molecular flexibility index (Phi) is 8.53. The van der Waals surface area contributed by atoms with Gasteiger partial charge in [-0.05, 0) is 37.6 Å². The highest BCUT2D eigenvalue weighted by molar-refractivity contribution is 7.65. The zero-order valence-corrected chi connectivity index (χ0v) is 26.0. The van der Waals surface area contributed by atoms with Crippen LogP contribution in [0.2, 0.25) is 0 Å². The molecule has 5 N–H and O–H groups in total. The number of morpholine rings is 1. The topological polar surface area (TPSA) is 149 Å². The first kappa shape index (κ1) is 29.3. The molecule has 1 fully saturated rings. The van der Waals surface area contributed by atoms with Crippen molar-refractivity contribution < 1.29 is 9.47 Å². The Morgan fingerprint density at radius 3 is 2.64 bits per heavy atom. The van der Waals surface area contributed by atoms with E-state index in [0.717, 1.165) is 57.3 Å². The molecular weight excluding hydrogens is 575 g/mol. The Bertz CT molecular complexity index is 1850. The Morgan fingerprint density at radius 2 is 1.89 bits per heavy atom. The first-order chi connectivity index (χ1) is 21.5. The van der Waals surface area contributed by atoms with Crippen molar-refractivity contribution in [3.05, 3.63) is 60.7 Å². The number of benzene rings is 2. The van der Waals surface area contributed by atoms with Crippen LogP contribution in [0.1, 0.15) is 5.56 Å². The molecule has 12 nitrogen and oxygen atoms in total. The Hall–Kier alpha value is -4.80. The van der Waals surface area contributed by atoms with Crippen molar-refractivity contribution >= 4 is 75.9 Å². The van der Waals surface area contributed by atoms with Crippen LogP contribution in [-0.4, -0.2) is 84.9 Å². The third kappa shape index (κ3) is 5.73. The van der Waals surface area contributed by atoms with Gasteiger partial charge in [-0.15, -0.1) is 0 Å². The monoisotopic (exact) mass is 610 g/mol. The van der Waals surface area contributed by atoms with Crippen molar-refractivity contribution in [2.75, 3.05) is 69.3 Å². The molecule has 3 aromatic heterocycles. The number of nitrogens with zero attached hydrogens (tertiary/aromatic N) is 5. The second-order valence-electron chi connectivity index (χ2n) is 10.4. The standard InChI is InChI=1S/C31H35N10O2P/c1-33-18-19(17-32)21-15-24(26(42-2)16-25(21)41-11-13-43-14-12-41)38-31-39-29-20(7-8-36-29)30(40-31)37-23-6-5-22-27(28(23)44(3)4)35-10-9-34-22/h5-10,15-18,32-33H,11-14H2,1-4H3,(H3,36,37,38,39,40)/b19-18+,32-17?. The van der Waals surface area contributed by atoms with Crippen LogP contribution in [-0.2, 0) is 4.74 Å². The lowest BCUT2D eigenvalue weighted by Gasteiger charge is -2.31. The van der Waals surface area contributed by atoms with Gasteiger partial charge < -0.3 is 40.7 Å². The summed E-state index contributed by atoms with van der Waals surface area (Å²) in [5, 5.41) is 20.2. The van der Waals surface area contributed by atoms with Crippen molar-refractivity contribution in [1.29, 1.82) is 5.41 Å². The maximum absolute atomic E-state index is 8.13. The first-order valence-corrected chi connectivity index (χ1v) is 16.5. The third-order valence-corrected chi connectivity index (χ3v) is 8.76. The molecule has 1 aliphatic heterocycles. The summed E-state index contributed by atoms with van der Waals surface area (Å²) in [5.74, 6) is 1.67. The van der Waals surface area contributed by atoms with Gasteiger partial charge >= 0.3 is 0 Å². The zero-order valence-electron chi connectivity index (χ0n) is 25.1. The van der Waals surface area contributed by atoms with E-state index >= 15 is 0 Å². The van der Waals surface area contributed by atoms with Gasteiger partial charge in [-0.1, -0.05) is 7.92 Å². The van der Waals surface area contributed by atoms with Crippen molar-refractivity contribution in [2.24, 2.45) is 0 Å². The summed E-state index contributed by atoms with van der Waals surface area (Å²) in [4.78, 5) is 24.3. The molecule has 0 aliphatic carbocycles. The van der Waals surface area contributed by atoms with Crippen LogP contribution in [0.15, 0.2) is 55.1 Å². The summed E-state index contributed by atoms with van der Waals surface area (Å²) in [7, 11) is 2.95. The van der Waals surface area contributed by atoms with E-state index in [1.807, 2.05) is 49.8 Å².